The van der Waals surface area contributed by atoms with E-state index < -0.39 is 57.6 Å². The third kappa shape index (κ3) is 4.72. The molecule has 0 aliphatic heterocycles. The maximum atomic E-state index is 15.5. The molecule has 3 N–H and O–H groups in total. The molecule has 1 aliphatic carbocycles. The molecule has 202 valence electrons. The summed E-state index contributed by atoms with van der Waals surface area (Å²) in [4.78, 5) is 16.4. The quantitative estimate of drug-likeness (QED) is 0.296. The van der Waals surface area contributed by atoms with Gasteiger partial charge in [-0.25, -0.2) is 19.2 Å². The number of benzene rings is 1. The van der Waals surface area contributed by atoms with Crippen LogP contribution in [-0.4, -0.2) is 37.7 Å². The number of halogens is 6. The Morgan fingerprint density at radius 3 is 2.64 bits per heavy atom. The van der Waals surface area contributed by atoms with Crippen molar-refractivity contribution in [1.29, 1.82) is 5.26 Å². The average molecular weight is 568 g/mol. The standard InChI is InChI=1S/C23H15ClF5N7O3/c24-12-4-15(38-8-1-2-8)10(5-30)16(18(12)25)19-11(7-32-36(19)22(26)27)13-3-9-14(6-31)34-35-20(37)17(9)21(33-13)39-23(28)29/h3-4,7-8,22-23H,1-2,6,31H2,(H,35,37). The van der Waals surface area contributed by atoms with Gasteiger partial charge in [0.2, 0.25) is 5.88 Å². The van der Waals surface area contributed by atoms with E-state index in [1.807, 2.05) is 0 Å². The van der Waals surface area contributed by atoms with E-state index in [4.69, 9.17) is 22.1 Å². The first-order chi connectivity index (χ1) is 18.6. The Balaban J connectivity index is 1.85. The van der Waals surface area contributed by atoms with E-state index in [-0.39, 0.29) is 45.4 Å². The van der Waals surface area contributed by atoms with Crippen molar-refractivity contribution in [1.82, 2.24) is 25.0 Å². The fourth-order valence-corrected chi connectivity index (χ4v) is 4.20. The van der Waals surface area contributed by atoms with Crippen LogP contribution in [0.4, 0.5) is 22.0 Å². The van der Waals surface area contributed by atoms with E-state index in [1.54, 1.807) is 6.07 Å². The van der Waals surface area contributed by atoms with Crippen LogP contribution in [0.2, 0.25) is 5.02 Å². The van der Waals surface area contributed by atoms with Gasteiger partial charge in [-0.05, 0) is 18.9 Å². The molecular formula is C23H15ClF5N7O3. The molecule has 5 rings (SSSR count). The largest absolute Gasteiger partial charge is 0.489 e. The number of H-pyrrole nitrogens is 1. The number of fused-ring (bicyclic) bond motifs is 1. The van der Waals surface area contributed by atoms with Gasteiger partial charge in [0.05, 0.1) is 40.0 Å². The van der Waals surface area contributed by atoms with Crippen LogP contribution in [0.25, 0.3) is 33.3 Å². The third-order valence-electron chi connectivity index (χ3n) is 5.82. The van der Waals surface area contributed by atoms with Gasteiger partial charge >= 0.3 is 13.2 Å². The van der Waals surface area contributed by atoms with E-state index in [0.29, 0.717) is 12.8 Å². The number of ether oxygens (including phenoxy) is 2. The molecule has 0 bridgehead atoms. The Morgan fingerprint density at radius 2 is 2.03 bits per heavy atom. The van der Waals surface area contributed by atoms with E-state index in [1.165, 1.54) is 0 Å². The summed E-state index contributed by atoms with van der Waals surface area (Å²) in [5.74, 6) is -2.23. The number of hydrogen-bond acceptors (Lipinski definition) is 8. The summed E-state index contributed by atoms with van der Waals surface area (Å²) >= 11 is 6.06. The zero-order valence-electron chi connectivity index (χ0n) is 19.4. The molecule has 0 saturated heterocycles. The van der Waals surface area contributed by atoms with Crippen molar-refractivity contribution in [3.8, 4) is 40.2 Å². The zero-order chi connectivity index (χ0) is 28.0. The number of nitrogens with zero attached hydrogens (tertiary/aromatic N) is 5. The molecule has 1 saturated carbocycles. The van der Waals surface area contributed by atoms with Gasteiger partial charge in [-0.15, -0.1) is 0 Å². The Kier molecular flexibility index (Phi) is 6.83. The summed E-state index contributed by atoms with van der Waals surface area (Å²) in [5.41, 5.74) is 2.35. The maximum Gasteiger partial charge on any atom is 0.388 e. The Bertz CT molecular complexity index is 1700. The number of hydrogen-bond donors (Lipinski definition) is 2. The van der Waals surface area contributed by atoms with Gasteiger partial charge in [0.25, 0.3) is 5.56 Å². The summed E-state index contributed by atoms with van der Waals surface area (Å²) in [6.07, 6.45) is 1.94. The van der Waals surface area contributed by atoms with Crippen LogP contribution in [0.15, 0.2) is 23.1 Å². The van der Waals surface area contributed by atoms with Gasteiger partial charge in [0.15, 0.2) is 5.82 Å². The lowest BCUT2D eigenvalue weighted by atomic mass is 9.98. The van der Waals surface area contributed by atoms with E-state index >= 15 is 4.39 Å². The van der Waals surface area contributed by atoms with Gasteiger partial charge in [0.1, 0.15) is 22.8 Å². The highest BCUT2D eigenvalue weighted by Crippen LogP contribution is 2.44. The van der Waals surface area contributed by atoms with Crippen LogP contribution in [0, 0.1) is 17.1 Å². The molecule has 4 aromatic rings. The van der Waals surface area contributed by atoms with Gasteiger partial charge in [0, 0.05) is 23.6 Å². The maximum absolute atomic E-state index is 15.5. The topological polar surface area (TPSA) is 145 Å². The van der Waals surface area contributed by atoms with Crippen molar-refractivity contribution in [3.05, 3.63) is 50.8 Å². The van der Waals surface area contributed by atoms with Crippen molar-refractivity contribution < 1.29 is 31.4 Å². The van der Waals surface area contributed by atoms with Crippen LogP contribution >= 0.6 is 11.6 Å². The minimum absolute atomic E-state index is 0.0296. The number of aromatic amines is 1. The van der Waals surface area contributed by atoms with Gasteiger partial charge < -0.3 is 15.2 Å². The third-order valence-corrected chi connectivity index (χ3v) is 6.09. The molecule has 16 heteroatoms. The van der Waals surface area contributed by atoms with E-state index in [0.717, 1.165) is 18.3 Å². The van der Waals surface area contributed by atoms with Gasteiger partial charge in [-0.2, -0.15) is 33.0 Å². The molecule has 1 aromatic carbocycles. The van der Waals surface area contributed by atoms with Crippen molar-refractivity contribution in [3.63, 3.8) is 0 Å². The highest BCUT2D eigenvalue weighted by molar-refractivity contribution is 6.31. The minimum atomic E-state index is -3.43. The molecule has 1 fully saturated rings. The summed E-state index contributed by atoms with van der Waals surface area (Å²) in [5, 5.41) is 18.3. The molecule has 0 unspecified atom stereocenters. The molecule has 10 nitrogen and oxygen atoms in total. The number of pyridine rings is 1. The average Bonchev–Trinajstić information content (AvgIpc) is 3.59. The van der Waals surface area contributed by atoms with Crippen molar-refractivity contribution in [2.75, 3.05) is 0 Å². The van der Waals surface area contributed by atoms with Crippen LogP contribution < -0.4 is 20.8 Å². The first-order valence-corrected chi connectivity index (χ1v) is 11.5. The normalized spacial score (nSPS) is 13.3. The fraction of sp³-hybridized carbons (Fsp3) is 0.261. The molecule has 0 amide bonds. The number of nitrogens with two attached hydrogens (primary N) is 1. The van der Waals surface area contributed by atoms with Crippen LogP contribution in [0.5, 0.6) is 11.6 Å². The zero-order valence-corrected chi connectivity index (χ0v) is 20.1. The lowest BCUT2D eigenvalue weighted by Gasteiger charge is -2.16. The SMILES string of the molecule is N#Cc1c(OC2CC2)cc(Cl)c(F)c1-c1c(-c2cc3c(CN)n[nH]c(=O)c3c(OC(F)F)n2)cnn1C(F)F. The minimum Gasteiger partial charge on any atom is -0.489 e. The van der Waals surface area contributed by atoms with Crippen molar-refractivity contribution >= 4 is 22.4 Å². The van der Waals surface area contributed by atoms with Crippen LogP contribution in [-0.2, 0) is 6.54 Å². The van der Waals surface area contributed by atoms with E-state index in [2.05, 4.69) is 25.0 Å². The molecule has 0 atom stereocenters. The summed E-state index contributed by atoms with van der Waals surface area (Å²) in [7, 11) is 0. The predicted molar refractivity (Wildman–Crippen MR) is 126 cm³/mol. The summed E-state index contributed by atoms with van der Waals surface area (Å²) < 4.78 is 80.5. The molecule has 3 aromatic heterocycles. The summed E-state index contributed by atoms with van der Waals surface area (Å²) in [6.45, 7) is -7.03. The second kappa shape index (κ2) is 10.1. The molecule has 39 heavy (non-hydrogen) atoms. The van der Waals surface area contributed by atoms with Crippen molar-refractivity contribution in [2.45, 2.75) is 38.7 Å². The number of nitriles is 1. The number of nitrogens with one attached hydrogen (secondary N) is 1. The number of aromatic nitrogens is 5. The second-order valence-corrected chi connectivity index (χ2v) is 8.70. The lowest BCUT2D eigenvalue weighted by molar-refractivity contribution is -0.0516. The Hall–Kier alpha value is -4.29. The van der Waals surface area contributed by atoms with Crippen molar-refractivity contribution in [2.24, 2.45) is 5.73 Å². The number of alkyl halides is 4. The molecular weight excluding hydrogens is 553 g/mol. The smallest absolute Gasteiger partial charge is 0.388 e. The monoisotopic (exact) mass is 567 g/mol. The first-order valence-electron chi connectivity index (χ1n) is 11.2. The van der Waals surface area contributed by atoms with E-state index in [9.17, 15) is 27.6 Å². The highest BCUT2D eigenvalue weighted by Gasteiger charge is 2.32. The number of rotatable bonds is 8. The highest BCUT2D eigenvalue weighted by atomic mass is 35.5. The second-order valence-electron chi connectivity index (χ2n) is 8.30. The first kappa shape index (κ1) is 26.3. The Labute approximate surface area is 219 Å². The predicted octanol–water partition coefficient (Wildman–Crippen LogP) is 4.51. The molecule has 0 radical (unpaired) electrons. The van der Waals surface area contributed by atoms with Gasteiger partial charge in [-0.1, -0.05) is 11.6 Å². The molecule has 1 aliphatic rings. The van der Waals surface area contributed by atoms with Gasteiger partial charge in [-0.3, -0.25) is 4.79 Å². The molecule has 3 heterocycles. The van der Waals surface area contributed by atoms with Crippen LogP contribution in [0.3, 0.4) is 0 Å². The van der Waals surface area contributed by atoms with Crippen LogP contribution in [0.1, 0.15) is 30.6 Å². The summed E-state index contributed by atoms with van der Waals surface area (Å²) in [6, 6.07) is 3.99. The lowest BCUT2D eigenvalue weighted by Crippen LogP contribution is -2.16. The fourth-order valence-electron chi connectivity index (χ4n) is 4.01. The molecule has 0 spiro atoms. The Morgan fingerprint density at radius 1 is 1.28 bits per heavy atom.